The lowest BCUT2D eigenvalue weighted by Crippen LogP contribution is -2.47. The molecule has 2 fully saturated rings. The van der Waals surface area contributed by atoms with Gasteiger partial charge in [-0.25, -0.2) is 4.98 Å². The van der Waals surface area contributed by atoms with Crippen molar-refractivity contribution in [2.24, 2.45) is 17.3 Å². The van der Waals surface area contributed by atoms with Gasteiger partial charge in [-0.2, -0.15) is 0 Å². The molecule has 0 saturated carbocycles. The predicted octanol–water partition coefficient (Wildman–Crippen LogP) is 2.59. The number of methoxy groups -OCH3 is 2. The summed E-state index contributed by atoms with van der Waals surface area (Å²) in [6.45, 7) is 9.10. The minimum absolute atomic E-state index is 0.115. The zero-order valence-electron chi connectivity index (χ0n) is 21.4. The quantitative estimate of drug-likeness (QED) is 0.674. The molecular formula is C26H43N3O5. The largest absolute Gasteiger partial charge is 0.481 e. The summed E-state index contributed by atoms with van der Waals surface area (Å²) < 4.78 is 16.7. The summed E-state index contributed by atoms with van der Waals surface area (Å²) in [7, 11) is 3.30. The second-order valence-corrected chi connectivity index (χ2v) is 10.5. The maximum Gasteiger partial charge on any atom is 0.223 e. The molecule has 3 heterocycles. The Morgan fingerprint density at radius 3 is 2.82 bits per heavy atom. The Bertz CT molecular complexity index is 775. The topological polar surface area (TPSA) is 84.4 Å². The molecule has 0 spiro atoms. The lowest BCUT2D eigenvalue weighted by Gasteiger charge is -2.39. The molecule has 0 radical (unpaired) electrons. The summed E-state index contributed by atoms with van der Waals surface area (Å²) in [5.41, 5.74) is 0.667. The van der Waals surface area contributed by atoms with E-state index in [1.54, 1.807) is 25.3 Å². The fourth-order valence-electron chi connectivity index (χ4n) is 5.07. The number of aliphatic hydroxyl groups is 1. The van der Waals surface area contributed by atoms with Gasteiger partial charge < -0.3 is 24.2 Å². The van der Waals surface area contributed by atoms with Gasteiger partial charge in [-0.3, -0.25) is 9.69 Å². The van der Waals surface area contributed by atoms with Crippen LogP contribution in [0.4, 0.5) is 0 Å². The van der Waals surface area contributed by atoms with E-state index in [4.69, 9.17) is 14.2 Å². The number of β-amino-alcohol motifs (C(OH)–C–C–N with tert-alkyl or cyclic N) is 1. The molecule has 192 valence electrons. The summed E-state index contributed by atoms with van der Waals surface area (Å²) in [5.74, 6) is 1.55. The zero-order chi connectivity index (χ0) is 24.6. The van der Waals surface area contributed by atoms with Crippen LogP contribution in [0.5, 0.6) is 5.88 Å². The van der Waals surface area contributed by atoms with Crippen LogP contribution in [0, 0.1) is 17.3 Å². The number of likely N-dealkylation sites (tertiary alicyclic amines) is 1. The molecule has 3 atom stereocenters. The molecule has 34 heavy (non-hydrogen) atoms. The molecule has 8 nitrogen and oxygen atoms in total. The molecular weight excluding hydrogens is 434 g/mol. The lowest BCUT2D eigenvalue weighted by molar-refractivity contribution is -0.137. The maximum atomic E-state index is 13.4. The fourth-order valence-corrected chi connectivity index (χ4v) is 5.07. The third kappa shape index (κ3) is 7.38. The van der Waals surface area contributed by atoms with Gasteiger partial charge in [0, 0.05) is 63.5 Å². The average molecular weight is 478 g/mol. The number of hydrogen-bond donors (Lipinski definition) is 1. The van der Waals surface area contributed by atoms with E-state index in [-0.39, 0.29) is 5.91 Å². The van der Waals surface area contributed by atoms with E-state index < -0.39 is 11.5 Å². The minimum Gasteiger partial charge on any atom is -0.481 e. The van der Waals surface area contributed by atoms with Gasteiger partial charge in [0.2, 0.25) is 11.8 Å². The van der Waals surface area contributed by atoms with Crippen molar-refractivity contribution in [2.75, 3.05) is 60.2 Å². The van der Waals surface area contributed by atoms with E-state index in [9.17, 15) is 9.90 Å². The number of fused-ring (bicyclic) bond motifs is 1. The van der Waals surface area contributed by atoms with Crippen molar-refractivity contribution in [1.82, 2.24) is 14.8 Å². The first-order valence-electron chi connectivity index (χ1n) is 12.6. The van der Waals surface area contributed by atoms with E-state index in [2.05, 4.69) is 16.0 Å². The highest BCUT2D eigenvalue weighted by Gasteiger charge is 2.35. The normalized spacial score (nSPS) is 27.3. The number of piperidine rings is 1. The molecule has 0 aliphatic carbocycles. The summed E-state index contributed by atoms with van der Waals surface area (Å²) >= 11 is 0. The van der Waals surface area contributed by atoms with Crippen LogP contribution in [0.25, 0.3) is 0 Å². The van der Waals surface area contributed by atoms with Crippen LogP contribution in [0.2, 0.25) is 0 Å². The van der Waals surface area contributed by atoms with Gasteiger partial charge in [0.1, 0.15) is 0 Å². The van der Waals surface area contributed by atoms with E-state index in [0.29, 0.717) is 57.0 Å². The van der Waals surface area contributed by atoms with Gasteiger partial charge in [0.05, 0.1) is 26.4 Å². The molecule has 0 bridgehead atoms. The second-order valence-electron chi connectivity index (χ2n) is 10.5. The zero-order valence-corrected chi connectivity index (χ0v) is 21.4. The highest BCUT2D eigenvalue weighted by molar-refractivity contribution is 5.76. The number of nitrogens with zero attached hydrogens (tertiary/aromatic N) is 3. The molecule has 2 saturated heterocycles. The summed E-state index contributed by atoms with van der Waals surface area (Å²) in [6, 6.07) is 4.02. The number of ether oxygens (including phenoxy) is 3. The number of aromatic nitrogens is 1. The van der Waals surface area contributed by atoms with Crippen LogP contribution in [-0.2, 0) is 20.8 Å². The van der Waals surface area contributed by atoms with Crippen molar-refractivity contribution in [3.05, 3.63) is 23.9 Å². The molecule has 1 amide bonds. The van der Waals surface area contributed by atoms with Crippen LogP contribution in [0.1, 0.15) is 45.1 Å². The Hall–Kier alpha value is -1.74. The molecule has 2 aliphatic heterocycles. The van der Waals surface area contributed by atoms with Gasteiger partial charge in [-0.05, 0) is 43.7 Å². The van der Waals surface area contributed by atoms with E-state index >= 15 is 0 Å². The first-order chi connectivity index (χ1) is 16.3. The third-order valence-electron chi connectivity index (χ3n) is 7.40. The maximum absolute atomic E-state index is 13.4. The van der Waals surface area contributed by atoms with Crippen molar-refractivity contribution in [3.63, 3.8) is 0 Å². The summed E-state index contributed by atoms with van der Waals surface area (Å²) in [5, 5.41) is 10.9. The van der Waals surface area contributed by atoms with Crippen molar-refractivity contribution >= 4 is 5.91 Å². The Morgan fingerprint density at radius 2 is 2.06 bits per heavy atom. The Labute approximate surface area is 204 Å². The van der Waals surface area contributed by atoms with Crippen LogP contribution in [0.15, 0.2) is 18.3 Å². The molecule has 1 N–H and O–H groups in total. The first-order valence-corrected chi connectivity index (χ1v) is 12.6. The number of aliphatic hydroxyl groups excluding tert-OH is 1. The van der Waals surface area contributed by atoms with Crippen LogP contribution in [0.3, 0.4) is 0 Å². The van der Waals surface area contributed by atoms with E-state index in [0.717, 1.165) is 44.5 Å². The monoisotopic (exact) mass is 477 g/mol. The van der Waals surface area contributed by atoms with E-state index in [1.807, 2.05) is 19.9 Å². The molecule has 1 aromatic heterocycles. The third-order valence-corrected chi connectivity index (χ3v) is 7.40. The van der Waals surface area contributed by atoms with Gasteiger partial charge >= 0.3 is 0 Å². The van der Waals surface area contributed by atoms with Crippen molar-refractivity contribution in [1.29, 1.82) is 0 Å². The molecule has 3 rings (SSSR count). The number of rotatable bonds is 6. The number of amides is 1. The van der Waals surface area contributed by atoms with Crippen molar-refractivity contribution < 1.29 is 24.1 Å². The first kappa shape index (κ1) is 26.9. The second kappa shape index (κ2) is 12.8. The molecule has 1 aromatic rings. The Morgan fingerprint density at radius 1 is 1.24 bits per heavy atom. The van der Waals surface area contributed by atoms with Gasteiger partial charge in [-0.15, -0.1) is 0 Å². The fraction of sp³-hybridized carbons (Fsp3) is 0.769. The predicted molar refractivity (Wildman–Crippen MR) is 131 cm³/mol. The standard InChI is InChI=1S/C26H43N3O5/c1-26(2)19-34-13-6-8-21-16-28(17-22-7-5-10-27-25(22)33-4)11-9-20(21)15-24(31)29(12-14-32-3)18-23(26)30/h5,7,10,20-21,23,30H,6,8-9,11-19H2,1-4H3/t20-,21-,23-/m0/s1. The highest BCUT2D eigenvalue weighted by atomic mass is 16.5. The molecule has 0 unspecified atom stereocenters. The van der Waals surface area contributed by atoms with Crippen molar-refractivity contribution in [2.45, 2.75) is 52.2 Å². The Balaban J connectivity index is 1.72. The number of hydrogen-bond acceptors (Lipinski definition) is 7. The minimum atomic E-state index is -0.652. The number of carbonyl (C=O) groups is 1. The van der Waals surface area contributed by atoms with Crippen molar-refractivity contribution in [3.8, 4) is 5.88 Å². The summed E-state index contributed by atoms with van der Waals surface area (Å²) in [6.07, 6.45) is 4.58. The smallest absolute Gasteiger partial charge is 0.223 e. The lowest BCUT2D eigenvalue weighted by atomic mass is 9.80. The van der Waals surface area contributed by atoms with Gasteiger partial charge in [0.25, 0.3) is 0 Å². The van der Waals surface area contributed by atoms with Gasteiger partial charge in [-0.1, -0.05) is 19.9 Å². The molecule has 2 aliphatic rings. The van der Waals surface area contributed by atoms with Crippen LogP contribution >= 0.6 is 0 Å². The SMILES string of the molecule is COCCN1C[C@H](O)C(C)(C)COCCC[C@H]2CN(Cc3cccnc3OC)CC[C@H]2CC1=O. The van der Waals surface area contributed by atoms with Crippen LogP contribution < -0.4 is 4.74 Å². The van der Waals surface area contributed by atoms with Crippen LogP contribution in [-0.4, -0.2) is 92.1 Å². The number of pyridine rings is 1. The number of carbonyl (C=O) groups excluding carboxylic acids is 1. The summed E-state index contributed by atoms with van der Waals surface area (Å²) in [4.78, 5) is 22.0. The molecule has 8 heteroatoms. The average Bonchev–Trinajstić information content (AvgIpc) is 2.83. The highest BCUT2D eigenvalue weighted by Crippen LogP contribution is 2.33. The molecule has 0 aromatic carbocycles. The van der Waals surface area contributed by atoms with Gasteiger partial charge in [0.15, 0.2) is 0 Å². The van der Waals surface area contributed by atoms with E-state index in [1.165, 1.54) is 0 Å². The Kier molecular flexibility index (Phi) is 10.1.